The van der Waals surface area contributed by atoms with Crippen molar-refractivity contribution in [3.63, 3.8) is 0 Å². The van der Waals surface area contributed by atoms with Gasteiger partial charge in [-0.2, -0.15) is 0 Å². The fourth-order valence-corrected chi connectivity index (χ4v) is 3.59. The van der Waals surface area contributed by atoms with Crippen LogP contribution in [0.1, 0.15) is 18.4 Å². The van der Waals surface area contributed by atoms with Crippen molar-refractivity contribution in [2.75, 3.05) is 39.1 Å². The summed E-state index contributed by atoms with van der Waals surface area (Å²) >= 11 is 5.82. The van der Waals surface area contributed by atoms with Crippen molar-refractivity contribution < 1.29 is 14.3 Å². The summed E-state index contributed by atoms with van der Waals surface area (Å²) in [7, 11) is 3.44. The Kier molecular flexibility index (Phi) is 7.65. The molecule has 0 saturated carbocycles. The van der Waals surface area contributed by atoms with E-state index in [9.17, 15) is 9.59 Å². The number of nitrogens with one attached hydrogen (secondary N) is 1. The molecule has 2 heterocycles. The van der Waals surface area contributed by atoms with Crippen LogP contribution < -0.4 is 10.1 Å². The molecule has 3 rings (SSSR count). The van der Waals surface area contributed by atoms with Crippen LogP contribution in [0.5, 0.6) is 5.75 Å². The van der Waals surface area contributed by atoms with Crippen molar-refractivity contribution in [3.05, 3.63) is 53.2 Å². The third kappa shape index (κ3) is 6.18. The van der Waals surface area contributed by atoms with Crippen LogP contribution in [0.3, 0.4) is 0 Å². The Morgan fingerprint density at radius 1 is 1.27 bits per heavy atom. The molecule has 1 aliphatic heterocycles. The molecule has 0 spiro atoms. The maximum Gasteiger partial charge on any atom is 0.236 e. The molecule has 0 atom stereocenters. The number of halogens is 1. The lowest BCUT2D eigenvalue weighted by molar-refractivity contribution is -0.132. The lowest BCUT2D eigenvalue weighted by Crippen LogP contribution is -2.43. The fourth-order valence-electron chi connectivity index (χ4n) is 3.48. The molecule has 1 aliphatic rings. The molecule has 0 bridgehead atoms. The van der Waals surface area contributed by atoms with Crippen molar-refractivity contribution in [2.45, 2.75) is 19.4 Å². The van der Waals surface area contributed by atoms with Crippen molar-refractivity contribution in [1.82, 2.24) is 14.8 Å². The SMILES string of the molecule is COc1cccc(CN(C)C(=O)CN2CCC(C(=O)Nc3ccc(Cl)cn3)CC2)c1. The highest BCUT2D eigenvalue weighted by atomic mass is 35.5. The average molecular weight is 431 g/mol. The molecule has 0 aliphatic carbocycles. The topological polar surface area (TPSA) is 74.8 Å². The summed E-state index contributed by atoms with van der Waals surface area (Å²) in [6, 6.07) is 11.1. The molecule has 0 radical (unpaired) electrons. The number of piperidine rings is 1. The Bertz CT molecular complexity index is 867. The first kappa shape index (κ1) is 22.1. The van der Waals surface area contributed by atoms with Gasteiger partial charge in [-0.05, 0) is 55.8 Å². The summed E-state index contributed by atoms with van der Waals surface area (Å²) in [6.45, 7) is 2.31. The van der Waals surface area contributed by atoms with E-state index < -0.39 is 0 Å². The number of pyridine rings is 1. The highest BCUT2D eigenvalue weighted by Crippen LogP contribution is 2.20. The van der Waals surface area contributed by atoms with Gasteiger partial charge in [0.2, 0.25) is 11.8 Å². The van der Waals surface area contributed by atoms with Crippen LogP contribution in [0.2, 0.25) is 5.02 Å². The lowest BCUT2D eigenvalue weighted by Gasteiger charge is -2.31. The van der Waals surface area contributed by atoms with E-state index >= 15 is 0 Å². The van der Waals surface area contributed by atoms with Gasteiger partial charge in [0.25, 0.3) is 0 Å². The second-order valence-corrected chi connectivity index (χ2v) is 7.94. The Morgan fingerprint density at radius 3 is 2.70 bits per heavy atom. The van der Waals surface area contributed by atoms with Gasteiger partial charge in [-0.1, -0.05) is 23.7 Å². The highest BCUT2D eigenvalue weighted by molar-refractivity contribution is 6.30. The van der Waals surface area contributed by atoms with E-state index in [-0.39, 0.29) is 17.7 Å². The van der Waals surface area contributed by atoms with Crippen LogP contribution in [0.15, 0.2) is 42.6 Å². The van der Waals surface area contributed by atoms with E-state index in [0.29, 0.717) is 49.9 Å². The predicted octanol–water partition coefficient (Wildman–Crippen LogP) is 3.05. The molecule has 1 saturated heterocycles. The first-order chi connectivity index (χ1) is 14.4. The summed E-state index contributed by atoms with van der Waals surface area (Å²) in [6.07, 6.45) is 2.94. The zero-order valence-corrected chi connectivity index (χ0v) is 18.1. The van der Waals surface area contributed by atoms with Gasteiger partial charge in [-0.25, -0.2) is 4.98 Å². The number of benzene rings is 1. The van der Waals surface area contributed by atoms with Gasteiger partial charge in [-0.15, -0.1) is 0 Å². The number of ether oxygens (including phenoxy) is 1. The Balaban J connectivity index is 1.43. The number of methoxy groups -OCH3 is 1. The molecule has 0 unspecified atom stereocenters. The standard InChI is InChI=1S/C22H27ClN4O3/c1-26(14-16-4-3-5-19(12-16)30-2)21(28)15-27-10-8-17(9-11-27)22(29)25-20-7-6-18(23)13-24-20/h3-7,12-13,17H,8-11,14-15H2,1-2H3,(H,24,25,29). The van der Waals surface area contributed by atoms with Gasteiger partial charge >= 0.3 is 0 Å². The summed E-state index contributed by atoms with van der Waals surface area (Å²) in [4.78, 5) is 33.0. The second kappa shape index (κ2) is 10.4. The normalized spacial score (nSPS) is 14.9. The van der Waals surface area contributed by atoms with Gasteiger partial charge in [-0.3, -0.25) is 14.5 Å². The number of amides is 2. The largest absolute Gasteiger partial charge is 0.497 e. The van der Waals surface area contributed by atoms with E-state index in [1.807, 2.05) is 24.3 Å². The van der Waals surface area contributed by atoms with E-state index in [1.54, 1.807) is 31.2 Å². The van der Waals surface area contributed by atoms with E-state index in [4.69, 9.17) is 16.3 Å². The highest BCUT2D eigenvalue weighted by Gasteiger charge is 2.26. The molecule has 1 aromatic carbocycles. The first-order valence-electron chi connectivity index (χ1n) is 9.96. The monoisotopic (exact) mass is 430 g/mol. The average Bonchev–Trinajstić information content (AvgIpc) is 2.76. The quantitative estimate of drug-likeness (QED) is 0.730. The molecular formula is C22H27ClN4O3. The molecule has 160 valence electrons. The molecule has 7 nitrogen and oxygen atoms in total. The molecule has 30 heavy (non-hydrogen) atoms. The summed E-state index contributed by atoms with van der Waals surface area (Å²) in [5.41, 5.74) is 1.02. The number of carbonyl (C=O) groups excluding carboxylic acids is 2. The van der Waals surface area contributed by atoms with Crippen LogP contribution in [-0.2, 0) is 16.1 Å². The van der Waals surface area contributed by atoms with Crippen LogP contribution >= 0.6 is 11.6 Å². The van der Waals surface area contributed by atoms with Crippen LogP contribution in [0, 0.1) is 5.92 Å². The number of anilines is 1. The smallest absolute Gasteiger partial charge is 0.236 e. The van der Waals surface area contributed by atoms with Gasteiger partial charge < -0.3 is 15.0 Å². The second-order valence-electron chi connectivity index (χ2n) is 7.50. The molecule has 2 aromatic rings. The molecule has 2 amide bonds. The van der Waals surface area contributed by atoms with E-state index in [1.165, 1.54) is 6.20 Å². The van der Waals surface area contributed by atoms with Crippen molar-refractivity contribution >= 4 is 29.2 Å². The Hall–Kier alpha value is -2.64. The third-order valence-electron chi connectivity index (χ3n) is 5.28. The van der Waals surface area contributed by atoms with Crippen LogP contribution in [0.25, 0.3) is 0 Å². The third-order valence-corrected chi connectivity index (χ3v) is 5.50. The van der Waals surface area contributed by atoms with Crippen LogP contribution in [-0.4, -0.2) is 60.4 Å². The summed E-state index contributed by atoms with van der Waals surface area (Å²) < 4.78 is 5.24. The number of rotatable bonds is 7. The maximum atomic E-state index is 12.6. The minimum absolute atomic E-state index is 0.0362. The zero-order valence-electron chi connectivity index (χ0n) is 17.3. The zero-order chi connectivity index (χ0) is 21.5. The maximum absolute atomic E-state index is 12.6. The first-order valence-corrected chi connectivity index (χ1v) is 10.3. The van der Waals surface area contributed by atoms with Gasteiger partial charge in [0, 0.05) is 25.7 Å². The number of hydrogen-bond acceptors (Lipinski definition) is 5. The molecule has 1 aromatic heterocycles. The molecular weight excluding hydrogens is 404 g/mol. The van der Waals surface area contributed by atoms with Gasteiger partial charge in [0.05, 0.1) is 18.7 Å². The summed E-state index contributed by atoms with van der Waals surface area (Å²) in [5, 5.41) is 3.37. The number of carbonyl (C=O) groups is 2. The molecule has 1 fully saturated rings. The minimum Gasteiger partial charge on any atom is -0.497 e. The van der Waals surface area contributed by atoms with Crippen molar-refractivity contribution in [1.29, 1.82) is 0 Å². The Labute approximate surface area is 182 Å². The summed E-state index contributed by atoms with van der Waals surface area (Å²) in [5.74, 6) is 1.23. The minimum atomic E-state index is -0.0802. The predicted molar refractivity (Wildman–Crippen MR) is 117 cm³/mol. The lowest BCUT2D eigenvalue weighted by atomic mass is 9.96. The Morgan fingerprint density at radius 2 is 2.03 bits per heavy atom. The number of likely N-dealkylation sites (tertiary alicyclic amines) is 1. The molecule has 8 heteroatoms. The van der Waals surface area contributed by atoms with Gasteiger partial charge in [0.15, 0.2) is 0 Å². The van der Waals surface area contributed by atoms with Crippen LogP contribution in [0.4, 0.5) is 5.82 Å². The number of hydrogen-bond donors (Lipinski definition) is 1. The van der Waals surface area contributed by atoms with Gasteiger partial charge in [0.1, 0.15) is 11.6 Å². The molecule has 1 N–H and O–H groups in total. The van der Waals surface area contributed by atoms with E-state index in [2.05, 4.69) is 15.2 Å². The fraction of sp³-hybridized carbons (Fsp3) is 0.409. The van der Waals surface area contributed by atoms with Crippen molar-refractivity contribution in [2.24, 2.45) is 5.92 Å². The number of likely N-dealkylation sites (N-methyl/N-ethyl adjacent to an activating group) is 1. The van der Waals surface area contributed by atoms with E-state index in [0.717, 1.165) is 11.3 Å². The van der Waals surface area contributed by atoms with Crippen molar-refractivity contribution in [3.8, 4) is 5.75 Å². The number of aromatic nitrogens is 1. The number of nitrogens with zero attached hydrogens (tertiary/aromatic N) is 3.